The molecule has 22 heavy (non-hydrogen) atoms. The van der Waals surface area contributed by atoms with Gasteiger partial charge in [-0.25, -0.2) is 4.79 Å². The molecule has 1 heterocycles. The van der Waals surface area contributed by atoms with Crippen molar-refractivity contribution < 1.29 is 14.3 Å². The van der Waals surface area contributed by atoms with Crippen LogP contribution in [0.3, 0.4) is 0 Å². The van der Waals surface area contributed by atoms with Crippen molar-refractivity contribution in [3.8, 4) is 5.75 Å². The maximum Gasteiger partial charge on any atom is 0.355 e. The molecule has 0 aliphatic carbocycles. The molecule has 0 bridgehead atoms. The van der Waals surface area contributed by atoms with E-state index in [1.165, 1.54) is 0 Å². The van der Waals surface area contributed by atoms with Crippen LogP contribution in [0.2, 0.25) is 0 Å². The molecule has 0 radical (unpaired) electrons. The highest BCUT2D eigenvalue weighted by molar-refractivity contribution is 5.89. The van der Waals surface area contributed by atoms with Gasteiger partial charge in [-0.05, 0) is 62.9 Å². The van der Waals surface area contributed by atoms with Crippen LogP contribution in [0.15, 0.2) is 24.3 Å². The van der Waals surface area contributed by atoms with Crippen molar-refractivity contribution in [2.45, 2.75) is 34.1 Å². The van der Waals surface area contributed by atoms with Crippen LogP contribution in [0.4, 0.5) is 0 Å². The van der Waals surface area contributed by atoms with Gasteiger partial charge in [-0.1, -0.05) is 12.1 Å². The minimum absolute atomic E-state index is 0.294. The van der Waals surface area contributed by atoms with Crippen LogP contribution >= 0.6 is 0 Å². The number of nitrogens with one attached hydrogen (secondary N) is 1. The largest absolute Gasteiger partial charge is 0.494 e. The summed E-state index contributed by atoms with van der Waals surface area (Å²) in [6, 6.07) is 8.05. The van der Waals surface area contributed by atoms with Gasteiger partial charge in [0.2, 0.25) is 0 Å². The predicted molar refractivity (Wildman–Crippen MR) is 86.6 cm³/mol. The molecule has 0 saturated heterocycles. The molecule has 0 aliphatic heterocycles. The summed E-state index contributed by atoms with van der Waals surface area (Å²) in [6.45, 7) is 8.75. The molecule has 2 aromatic rings. The Morgan fingerprint density at radius 3 is 2.64 bits per heavy atom. The van der Waals surface area contributed by atoms with Crippen molar-refractivity contribution in [3.05, 3.63) is 52.3 Å². The molecule has 4 nitrogen and oxygen atoms in total. The number of hydrogen-bond acceptors (Lipinski definition) is 3. The number of aromatic amines is 1. The molecule has 0 saturated carbocycles. The quantitative estimate of drug-likeness (QED) is 0.826. The number of H-pyrrole nitrogens is 1. The van der Waals surface area contributed by atoms with Crippen molar-refractivity contribution in [2.75, 3.05) is 13.2 Å². The number of ether oxygens (including phenoxy) is 2. The molecule has 118 valence electrons. The third-order valence-electron chi connectivity index (χ3n) is 3.66. The number of esters is 1. The SMILES string of the molecule is CCOC(=O)c1[nH]c(C)c(Cc2cccc(OCC)c2)c1C. The van der Waals surface area contributed by atoms with Crippen molar-refractivity contribution in [1.29, 1.82) is 0 Å². The molecular formula is C18H23NO3. The lowest BCUT2D eigenvalue weighted by molar-refractivity contribution is 0.0519. The van der Waals surface area contributed by atoms with Crippen molar-refractivity contribution in [3.63, 3.8) is 0 Å². The lowest BCUT2D eigenvalue weighted by Crippen LogP contribution is -2.06. The monoisotopic (exact) mass is 301 g/mol. The maximum absolute atomic E-state index is 11.9. The van der Waals surface area contributed by atoms with Crippen LogP contribution in [0.5, 0.6) is 5.75 Å². The number of aryl methyl sites for hydroxylation is 1. The van der Waals surface area contributed by atoms with E-state index in [4.69, 9.17) is 9.47 Å². The summed E-state index contributed by atoms with van der Waals surface area (Å²) in [5.74, 6) is 0.578. The molecule has 0 amide bonds. The number of carbonyl (C=O) groups is 1. The zero-order valence-electron chi connectivity index (χ0n) is 13.7. The van der Waals surface area contributed by atoms with E-state index in [1.807, 2.05) is 45.9 Å². The number of carbonyl (C=O) groups excluding carboxylic acids is 1. The summed E-state index contributed by atoms with van der Waals surface area (Å²) < 4.78 is 10.6. The number of aromatic nitrogens is 1. The Hall–Kier alpha value is -2.23. The van der Waals surface area contributed by atoms with E-state index >= 15 is 0 Å². The third-order valence-corrected chi connectivity index (χ3v) is 3.66. The first-order valence-electron chi connectivity index (χ1n) is 7.63. The van der Waals surface area contributed by atoms with Gasteiger partial charge < -0.3 is 14.5 Å². The maximum atomic E-state index is 11.9. The zero-order chi connectivity index (χ0) is 16.1. The molecular weight excluding hydrogens is 278 g/mol. The Labute approximate surface area is 131 Å². The summed E-state index contributed by atoms with van der Waals surface area (Å²) in [7, 11) is 0. The molecule has 0 fully saturated rings. The van der Waals surface area contributed by atoms with Crippen LogP contribution in [0.1, 0.15) is 46.7 Å². The highest BCUT2D eigenvalue weighted by Gasteiger charge is 2.18. The van der Waals surface area contributed by atoms with Gasteiger partial charge >= 0.3 is 5.97 Å². The lowest BCUT2D eigenvalue weighted by Gasteiger charge is -2.07. The molecule has 0 atom stereocenters. The molecule has 4 heteroatoms. The van der Waals surface area contributed by atoms with Crippen LogP contribution in [0, 0.1) is 13.8 Å². The molecule has 2 rings (SSSR count). The van der Waals surface area contributed by atoms with Gasteiger partial charge in [0, 0.05) is 5.69 Å². The molecule has 1 N–H and O–H groups in total. The first kappa shape index (κ1) is 16.1. The Kier molecular flexibility index (Phi) is 5.26. The van der Waals surface area contributed by atoms with Crippen LogP contribution < -0.4 is 4.74 Å². The number of hydrogen-bond donors (Lipinski definition) is 1. The van der Waals surface area contributed by atoms with E-state index in [1.54, 1.807) is 0 Å². The van der Waals surface area contributed by atoms with Crippen molar-refractivity contribution >= 4 is 5.97 Å². The topological polar surface area (TPSA) is 51.3 Å². The Bertz CT molecular complexity index is 658. The first-order valence-corrected chi connectivity index (χ1v) is 7.63. The van der Waals surface area contributed by atoms with Crippen molar-refractivity contribution in [1.82, 2.24) is 4.98 Å². The Balaban J connectivity index is 2.26. The summed E-state index contributed by atoms with van der Waals surface area (Å²) >= 11 is 0. The van der Waals surface area contributed by atoms with E-state index in [9.17, 15) is 4.79 Å². The predicted octanol–water partition coefficient (Wildman–Crippen LogP) is 3.80. The average molecular weight is 301 g/mol. The third kappa shape index (κ3) is 3.50. The summed E-state index contributed by atoms with van der Waals surface area (Å²) in [6.07, 6.45) is 0.758. The summed E-state index contributed by atoms with van der Waals surface area (Å²) in [5, 5.41) is 0. The fourth-order valence-electron chi connectivity index (χ4n) is 2.58. The summed E-state index contributed by atoms with van der Waals surface area (Å²) in [4.78, 5) is 15.1. The minimum atomic E-state index is -0.294. The first-order chi connectivity index (χ1) is 10.6. The Morgan fingerprint density at radius 2 is 1.95 bits per heavy atom. The van der Waals surface area contributed by atoms with Gasteiger partial charge in [0.1, 0.15) is 11.4 Å². The van der Waals surface area contributed by atoms with Crippen LogP contribution in [-0.4, -0.2) is 24.2 Å². The van der Waals surface area contributed by atoms with E-state index in [-0.39, 0.29) is 5.97 Å². The smallest absolute Gasteiger partial charge is 0.355 e. The zero-order valence-corrected chi connectivity index (χ0v) is 13.7. The highest BCUT2D eigenvalue weighted by Crippen LogP contribution is 2.23. The normalized spacial score (nSPS) is 10.5. The second kappa shape index (κ2) is 7.16. The standard InChI is InChI=1S/C18H23NO3/c1-5-21-15-9-7-8-14(10-15)11-16-12(3)17(19-13(16)4)18(20)22-6-2/h7-10,19H,5-6,11H2,1-4H3. The van der Waals surface area contributed by atoms with Gasteiger partial charge in [-0.3, -0.25) is 0 Å². The highest BCUT2D eigenvalue weighted by atomic mass is 16.5. The molecule has 1 aromatic carbocycles. The second-order valence-electron chi connectivity index (χ2n) is 5.21. The lowest BCUT2D eigenvalue weighted by atomic mass is 10.0. The van der Waals surface area contributed by atoms with Crippen molar-refractivity contribution in [2.24, 2.45) is 0 Å². The summed E-state index contributed by atoms with van der Waals surface area (Å²) in [5.41, 5.74) is 4.80. The van der Waals surface area contributed by atoms with E-state index in [0.29, 0.717) is 18.9 Å². The number of rotatable bonds is 6. The fraction of sp³-hybridized carbons (Fsp3) is 0.389. The van der Waals surface area contributed by atoms with Gasteiger partial charge in [-0.15, -0.1) is 0 Å². The molecule has 0 unspecified atom stereocenters. The van der Waals surface area contributed by atoms with Crippen LogP contribution in [0.25, 0.3) is 0 Å². The fourth-order valence-corrected chi connectivity index (χ4v) is 2.58. The van der Waals surface area contributed by atoms with Gasteiger partial charge in [0.05, 0.1) is 13.2 Å². The Morgan fingerprint density at radius 1 is 1.18 bits per heavy atom. The molecule has 1 aromatic heterocycles. The average Bonchev–Trinajstić information content (AvgIpc) is 2.76. The molecule has 0 aliphatic rings. The number of benzene rings is 1. The van der Waals surface area contributed by atoms with E-state index in [0.717, 1.165) is 34.6 Å². The van der Waals surface area contributed by atoms with Gasteiger partial charge in [0.15, 0.2) is 0 Å². The molecule has 0 spiro atoms. The van der Waals surface area contributed by atoms with E-state index < -0.39 is 0 Å². The van der Waals surface area contributed by atoms with Gasteiger partial charge in [0.25, 0.3) is 0 Å². The van der Waals surface area contributed by atoms with E-state index in [2.05, 4.69) is 11.1 Å². The van der Waals surface area contributed by atoms with Crippen LogP contribution in [-0.2, 0) is 11.2 Å². The van der Waals surface area contributed by atoms with Gasteiger partial charge in [-0.2, -0.15) is 0 Å². The second-order valence-corrected chi connectivity index (χ2v) is 5.21. The minimum Gasteiger partial charge on any atom is -0.494 e.